The number of unbranched alkanes of at least 4 members (excludes halogenated alkanes) is 1. The monoisotopic (exact) mass is 358 g/mol. The fraction of sp³-hybridized carbons (Fsp3) is 0.429. The first kappa shape index (κ1) is 19.9. The minimum absolute atomic E-state index is 0.116. The average molecular weight is 358 g/mol. The zero-order valence-corrected chi connectivity index (χ0v) is 16.2. The van der Waals surface area contributed by atoms with Crippen LogP contribution in [-0.4, -0.2) is 10.5 Å². The third-order valence-corrected chi connectivity index (χ3v) is 4.86. The molecule has 0 radical (unpaired) electrons. The van der Waals surface area contributed by atoms with Crippen molar-refractivity contribution in [3.8, 4) is 0 Å². The van der Waals surface area contributed by atoms with Gasteiger partial charge in [0.25, 0.3) is 5.91 Å². The highest BCUT2D eigenvalue weighted by Gasteiger charge is 2.23. The maximum absolute atomic E-state index is 14.5. The summed E-state index contributed by atoms with van der Waals surface area (Å²) in [6.45, 7) is 9.81. The summed E-state index contributed by atoms with van der Waals surface area (Å²) in [6.07, 6.45) is 2.54. The number of anilines is 1. The molecular weight excluding hydrogens is 331 g/mol. The third kappa shape index (κ3) is 3.71. The number of aryl methyl sites for hydroxylation is 2. The maximum atomic E-state index is 14.5. The molecule has 0 fully saturated rings. The molecular formula is C21H27FN2O2. The van der Waals surface area contributed by atoms with Crippen molar-refractivity contribution in [2.75, 3.05) is 5.32 Å². The highest BCUT2D eigenvalue weighted by Crippen LogP contribution is 2.22. The number of para-hydroxylation sites is 1. The van der Waals surface area contributed by atoms with Crippen molar-refractivity contribution in [2.24, 2.45) is 0 Å². The molecule has 0 saturated heterocycles. The van der Waals surface area contributed by atoms with Crippen LogP contribution in [0.3, 0.4) is 0 Å². The molecule has 0 aliphatic rings. The van der Waals surface area contributed by atoms with Gasteiger partial charge in [-0.05, 0) is 44.7 Å². The Morgan fingerprint density at radius 2 is 1.85 bits per heavy atom. The molecule has 0 aliphatic carbocycles. The van der Waals surface area contributed by atoms with Crippen molar-refractivity contribution >= 4 is 11.6 Å². The molecule has 0 atom stereocenters. The van der Waals surface area contributed by atoms with Gasteiger partial charge in [-0.3, -0.25) is 9.59 Å². The Bertz CT molecular complexity index is 885. The number of aromatic nitrogens is 1. The number of nitrogens with one attached hydrogen (secondary N) is 1. The lowest BCUT2D eigenvalue weighted by Gasteiger charge is -2.19. The van der Waals surface area contributed by atoms with Crippen molar-refractivity contribution in [3.05, 3.63) is 62.3 Å². The standard InChI is InChI=1S/C21H27FN2O2/c1-6-8-12-24-14(4)17(20(25)18(22)15(24)5)21(26)23-19-13(3)10-9-11-16(19)7-2/h9-11H,6-8,12H2,1-5H3,(H,23,26). The summed E-state index contributed by atoms with van der Waals surface area (Å²) in [4.78, 5) is 25.3. The quantitative estimate of drug-likeness (QED) is 0.825. The van der Waals surface area contributed by atoms with Gasteiger partial charge in [-0.2, -0.15) is 0 Å². The van der Waals surface area contributed by atoms with E-state index in [2.05, 4.69) is 5.32 Å². The van der Waals surface area contributed by atoms with Gasteiger partial charge in [0, 0.05) is 17.9 Å². The number of carbonyl (C=O) groups is 1. The highest BCUT2D eigenvalue weighted by atomic mass is 19.1. The number of amides is 1. The summed E-state index contributed by atoms with van der Waals surface area (Å²) >= 11 is 0. The Morgan fingerprint density at radius 3 is 2.46 bits per heavy atom. The predicted octanol–water partition coefficient (Wildman–Crippen LogP) is 4.53. The van der Waals surface area contributed by atoms with E-state index < -0.39 is 17.2 Å². The van der Waals surface area contributed by atoms with Crippen LogP contribution >= 0.6 is 0 Å². The van der Waals surface area contributed by atoms with Crippen molar-refractivity contribution < 1.29 is 9.18 Å². The molecule has 1 aromatic carbocycles. The average Bonchev–Trinajstić information content (AvgIpc) is 2.61. The van der Waals surface area contributed by atoms with Crippen molar-refractivity contribution in [1.29, 1.82) is 0 Å². The summed E-state index contributed by atoms with van der Waals surface area (Å²) in [5, 5.41) is 2.84. The van der Waals surface area contributed by atoms with E-state index in [1.165, 1.54) is 0 Å². The first-order valence-corrected chi connectivity index (χ1v) is 9.12. The van der Waals surface area contributed by atoms with Crippen LogP contribution in [0.25, 0.3) is 0 Å². The number of nitrogens with zero attached hydrogens (tertiary/aromatic N) is 1. The summed E-state index contributed by atoms with van der Waals surface area (Å²) in [6, 6.07) is 5.76. The Balaban J connectivity index is 2.53. The fourth-order valence-electron chi connectivity index (χ4n) is 3.24. The molecule has 5 heteroatoms. The Kier molecular flexibility index (Phi) is 6.35. The van der Waals surface area contributed by atoms with Crippen LogP contribution in [0.5, 0.6) is 0 Å². The molecule has 4 nitrogen and oxygen atoms in total. The zero-order chi connectivity index (χ0) is 19.4. The minimum atomic E-state index is -0.850. The minimum Gasteiger partial charge on any atom is -0.345 e. The van der Waals surface area contributed by atoms with E-state index in [0.29, 0.717) is 17.9 Å². The SMILES string of the molecule is CCCCn1c(C)c(F)c(=O)c(C(=O)Nc2c(C)cccc2CC)c1C. The molecule has 1 heterocycles. The van der Waals surface area contributed by atoms with Gasteiger partial charge in [-0.25, -0.2) is 4.39 Å². The van der Waals surface area contributed by atoms with Gasteiger partial charge in [-0.1, -0.05) is 38.5 Å². The lowest BCUT2D eigenvalue weighted by Crippen LogP contribution is -2.30. The Morgan fingerprint density at radius 1 is 1.15 bits per heavy atom. The predicted molar refractivity (Wildman–Crippen MR) is 104 cm³/mol. The second-order valence-corrected chi connectivity index (χ2v) is 6.61. The lowest BCUT2D eigenvalue weighted by molar-refractivity contribution is 0.102. The number of benzene rings is 1. The molecule has 1 N–H and O–H groups in total. The Hall–Kier alpha value is -2.43. The van der Waals surface area contributed by atoms with Crippen LogP contribution in [0.15, 0.2) is 23.0 Å². The lowest BCUT2D eigenvalue weighted by atomic mass is 10.0. The van der Waals surface area contributed by atoms with Crippen LogP contribution in [0, 0.1) is 26.6 Å². The second kappa shape index (κ2) is 8.30. The van der Waals surface area contributed by atoms with Crippen molar-refractivity contribution in [3.63, 3.8) is 0 Å². The molecule has 1 amide bonds. The van der Waals surface area contributed by atoms with E-state index in [0.717, 1.165) is 30.4 Å². The third-order valence-electron chi connectivity index (χ3n) is 4.86. The van der Waals surface area contributed by atoms with Crippen LogP contribution in [0.4, 0.5) is 10.1 Å². The Labute approximate surface area is 154 Å². The molecule has 2 aromatic rings. The van der Waals surface area contributed by atoms with E-state index in [4.69, 9.17) is 0 Å². The molecule has 1 aromatic heterocycles. The molecule has 0 bridgehead atoms. The first-order chi connectivity index (χ1) is 12.3. The maximum Gasteiger partial charge on any atom is 0.261 e. The number of rotatable bonds is 6. The molecule has 140 valence electrons. The summed E-state index contributed by atoms with van der Waals surface area (Å²) in [5.74, 6) is -1.40. The van der Waals surface area contributed by atoms with E-state index >= 15 is 0 Å². The smallest absolute Gasteiger partial charge is 0.261 e. The van der Waals surface area contributed by atoms with Gasteiger partial charge >= 0.3 is 0 Å². The van der Waals surface area contributed by atoms with Gasteiger partial charge in [0.1, 0.15) is 5.56 Å². The highest BCUT2D eigenvalue weighted by molar-refractivity contribution is 6.05. The molecule has 2 rings (SSSR count). The second-order valence-electron chi connectivity index (χ2n) is 6.61. The fourth-order valence-corrected chi connectivity index (χ4v) is 3.24. The van der Waals surface area contributed by atoms with Gasteiger partial charge in [0.2, 0.25) is 5.43 Å². The number of carbonyl (C=O) groups excluding carboxylic acids is 1. The van der Waals surface area contributed by atoms with Gasteiger partial charge in [0.15, 0.2) is 5.82 Å². The molecule has 26 heavy (non-hydrogen) atoms. The molecule has 0 unspecified atom stereocenters. The summed E-state index contributed by atoms with van der Waals surface area (Å²) in [7, 11) is 0. The first-order valence-electron chi connectivity index (χ1n) is 9.12. The summed E-state index contributed by atoms with van der Waals surface area (Å²) < 4.78 is 16.2. The van der Waals surface area contributed by atoms with Gasteiger partial charge in [-0.15, -0.1) is 0 Å². The zero-order valence-electron chi connectivity index (χ0n) is 16.2. The number of pyridine rings is 1. The van der Waals surface area contributed by atoms with Crippen LogP contribution in [0.1, 0.15) is 59.6 Å². The topological polar surface area (TPSA) is 51.1 Å². The van der Waals surface area contributed by atoms with E-state index in [1.807, 2.05) is 39.0 Å². The van der Waals surface area contributed by atoms with E-state index in [9.17, 15) is 14.0 Å². The van der Waals surface area contributed by atoms with E-state index in [-0.39, 0.29) is 11.3 Å². The molecule has 0 saturated carbocycles. The largest absolute Gasteiger partial charge is 0.345 e. The number of halogens is 1. The van der Waals surface area contributed by atoms with Crippen LogP contribution in [0.2, 0.25) is 0 Å². The molecule has 0 aliphatic heterocycles. The van der Waals surface area contributed by atoms with Gasteiger partial charge < -0.3 is 9.88 Å². The van der Waals surface area contributed by atoms with E-state index in [1.54, 1.807) is 18.4 Å². The normalized spacial score (nSPS) is 10.8. The van der Waals surface area contributed by atoms with Crippen molar-refractivity contribution in [1.82, 2.24) is 4.57 Å². The van der Waals surface area contributed by atoms with Crippen LogP contribution in [-0.2, 0) is 13.0 Å². The molecule has 0 spiro atoms. The van der Waals surface area contributed by atoms with Crippen LogP contribution < -0.4 is 10.7 Å². The number of hydrogen-bond acceptors (Lipinski definition) is 2. The summed E-state index contributed by atoms with van der Waals surface area (Å²) in [5.41, 5.74) is 2.42. The van der Waals surface area contributed by atoms with Crippen molar-refractivity contribution in [2.45, 2.75) is 60.4 Å². The van der Waals surface area contributed by atoms with Gasteiger partial charge in [0.05, 0.1) is 5.69 Å². The number of hydrogen-bond donors (Lipinski definition) is 1.